The Labute approximate surface area is 161 Å². The summed E-state index contributed by atoms with van der Waals surface area (Å²) in [7, 11) is 0. The van der Waals surface area contributed by atoms with E-state index in [0.717, 1.165) is 11.3 Å². The van der Waals surface area contributed by atoms with E-state index in [1.165, 1.54) is 0 Å². The number of pyridine rings is 2. The molecule has 0 bridgehead atoms. The first-order chi connectivity index (χ1) is 13.6. The number of benzene rings is 1. The molecule has 138 valence electrons. The molecule has 0 amide bonds. The maximum Gasteiger partial charge on any atom is 0.253 e. The first-order valence-electron chi connectivity index (χ1n) is 8.93. The van der Waals surface area contributed by atoms with Gasteiger partial charge in [-0.15, -0.1) is 0 Å². The lowest BCUT2D eigenvalue weighted by Crippen LogP contribution is -2.37. The number of aromatic nitrogens is 2. The standard InChI is InChI=1S/C22H18N4O2/c1-14(15-7-3-2-4-8-15)25-19-20(22(28)21(19)27)26-16-10-12-24-18(13-16)17-9-5-6-11-23-17/h2-14,25H,1H3,(H,24,26)/t14-/m1/s1. The van der Waals surface area contributed by atoms with Gasteiger partial charge in [0.25, 0.3) is 10.9 Å². The van der Waals surface area contributed by atoms with E-state index < -0.39 is 10.9 Å². The van der Waals surface area contributed by atoms with Crippen LogP contribution in [0.5, 0.6) is 0 Å². The van der Waals surface area contributed by atoms with Crippen molar-refractivity contribution in [1.29, 1.82) is 0 Å². The maximum absolute atomic E-state index is 12.1. The molecule has 4 aromatic rings. The van der Waals surface area contributed by atoms with Gasteiger partial charge in [0.1, 0.15) is 11.4 Å². The van der Waals surface area contributed by atoms with Gasteiger partial charge in [-0.25, -0.2) is 0 Å². The summed E-state index contributed by atoms with van der Waals surface area (Å²) < 4.78 is 0. The Kier molecular flexibility index (Phi) is 4.68. The Morgan fingerprint density at radius 1 is 0.786 bits per heavy atom. The molecule has 0 radical (unpaired) electrons. The molecule has 2 heterocycles. The van der Waals surface area contributed by atoms with Crippen molar-refractivity contribution in [3.63, 3.8) is 0 Å². The van der Waals surface area contributed by atoms with Gasteiger partial charge in [0, 0.05) is 24.1 Å². The molecule has 6 nitrogen and oxygen atoms in total. The van der Waals surface area contributed by atoms with E-state index in [1.807, 2.05) is 55.5 Å². The van der Waals surface area contributed by atoms with Gasteiger partial charge in [0.15, 0.2) is 0 Å². The Bertz CT molecular complexity index is 1170. The number of nitrogens with zero attached hydrogens (tertiary/aromatic N) is 2. The number of hydrogen-bond donors (Lipinski definition) is 2. The SMILES string of the molecule is C[C@@H](Nc1c(Nc2ccnc(-c3ccccn3)c2)c(=O)c1=O)c1ccccc1. The second kappa shape index (κ2) is 7.44. The van der Waals surface area contributed by atoms with Gasteiger partial charge in [0.2, 0.25) is 0 Å². The summed E-state index contributed by atoms with van der Waals surface area (Å²) in [4.78, 5) is 32.8. The van der Waals surface area contributed by atoms with Gasteiger partial charge in [0.05, 0.1) is 11.4 Å². The smallest absolute Gasteiger partial charge is 0.253 e. The van der Waals surface area contributed by atoms with E-state index in [-0.39, 0.29) is 11.7 Å². The van der Waals surface area contributed by atoms with Crippen molar-refractivity contribution < 1.29 is 0 Å². The molecular weight excluding hydrogens is 352 g/mol. The molecule has 2 N–H and O–H groups in total. The van der Waals surface area contributed by atoms with Gasteiger partial charge in [-0.05, 0) is 36.8 Å². The normalized spacial score (nSPS) is 11.9. The lowest BCUT2D eigenvalue weighted by atomic mass is 10.1. The summed E-state index contributed by atoms with van der Waals surface area (Å²) in [6, 6.07) is 18.8. The molecule has 2 aromatic heterocycles. The van der Waals surface area contributed by atoms with E-state index >= 15 is 0 Å². The molecule has 0 saturated heterocycles. The van der Waals surface area contributed by atoms with Crippen molar-refractivity contribution in [2.45, 2.75) is 13.0 Å². The highest BCUT2D eigenvalue weighted by molar-refractivity contribution is 5.79. The molecule has 0 spiro atoms. The fourth-order valence-electron chi connectivity index (χ4n) is 3.00. The third kappa shape index (κ3) is 3.40. The maximum atomic E-state index is 12.1. The van der Waals surface area contributed by atoms with Gasteiger partial charge in [-0.3, -0.25) is 19.6 Å². The van der Waals surface area contributed by atoms with Crippen molar-refractivity contribution in [3.05, 3.63) is 99.1 Å². The Hall–Kier alpha value is -3.80. The van der Waals surface area contributed by atoms with Crippen LogP contribution in [-0.2, 0) is 0 Å². The first kappa shape index (κ1) is 17.6. The summed E-state index contributed by atoms with van der Waals surface area (Å²) >= 11 is 0. The van der Waals surface area contributed by atoms with Gasteiger partial charge in [-0.2, -0.15) is 0 Å². The molecule has 4 rings (SSSR count). The first-order valence-corrected chi connectivity index (χ1v) is 8.93. The fourth-order valence-corrected chi connectivity index (χ4v) is 3.00. The average Bonchev–Trinajstić information content (AvgIpc) is 2.77. The quantitative estimate of drug-likeness (QED) is 0.504. The van der Waals surface area contributed by atoms with Gasteiger partial charge >= 0.3 is 0 Å². The second-order valence-electron chi connectivity index (χ2n) is 6.45. The van der Waals surface area contributed by atoms with E-state index in [2.05, 4.69) is 20.6 Å². The van der Waals surface area contributed by atoms with Crippen LogP contribution in [0.4, 0.5) is 17.1 Å². The van der Waals surface area contributed by atoms with E-state index in [0.29, 0.717) is 17.1 Å². The summed E-state index contributed by atoms with van der Waals surface area (Å²) in [5, 5.41) is 6.20. The van der Waals surface area contributed by atoms with Crippen LogP contribution in [0.2, 0.25) is 0 Å². The van der Waals surface area contributed by atoms with Crippen LogP contribution in [0.25, 0.3) is 11.4 Å². The molecule has 2 aromatic carbocycles. The van der Waals surface area contributed by atoms with Crippen LogP contribution in [0.1, 0.15) is 18.5 Å². The highest BCUT2D eigenvalue weighted by Crippen LogP contribution is 2.26. The van der Waals surface area contributed by atoms with Crippen molar-refractivity contribution in [1.82, 2.24) is 9.97 Å². The molecule has 1 atom stereocenters. The Morgan fingerprint density at radius 3 is 2.25 bits per heavy atom. The van der Waals surface area contributed by atoms with Gasteiger partial charge in [-0.1, -0.05) is 36.4 Å². The van der Waals surface area contributed by atoms with Crippen LogP contribution in [0, 0.1) is 0 Å². The second-order valence-corrected chi connectivity index (χ2v) is 6.45. The monoisotopic (exact) mass is 370 g/mol. The Morgan fingerprint density at radius 2 is 1.50 bits per heavy atom. The molecule has 6 heteroatoms. The number of rotatable bonds is 6. The van der Waals surface area contributed by atoms with Crippen LogP contribution in [0.15, 0.2) is 82.6 Å². The summed E-state index contributed by atoms with van der Waals surface area (Å²) in [6.45, 7) is 1.95. The van der Waals surface area contributed by atoms with Crippen molar-refractivity contribution >= 4 is 17.1 Å². The Balaban J connectivity index is 1.58. The van der Waals surface area contributed by atoms with E-state index in [1.54, 1.807) is 24.5 Å². The van der Waals surface area contributed by atoms with Gasteiger partial charge < -0.3 is 10.6 Å². The molecule has 0 aliphatic heterocycles. The third-order valence-electron chi connectivity index (χ3n) is 4.53. The molecule has 0 unspecified atom stereocenters. The highest BCUT2D eigenvalue weighted by Gasteiger charge is 2.23. The number of anilines is 3. The molecule has 0 fully saturated rings. The molecule has 0 saturated carbocycles. The minimum atomic E-state index is -0.529. The minimum Gasteiger partial charge on any atom is -0.373 e. The average molecular weight is 370 g/mol. The van der Waals surface area contributed by atoms with Crippen molar-refractivity contribution in [2.75, 3.05) is 10.6 Å². The van der Waals surface area contributed by atoms with E-state index in [4.69, 9.17) is 0 Å². The van der Waals surface area contributed by atoms with Crippen LogP contribution in [-0.4, -0.2) is 9.97 Å². The zero-order valence-electron chi connectivity index (χ0n) is 15.2. The predicted octanol–water partition coefficient (Wildman–Crippen LogP) is 3.66. The van der Waals surface area contributed by atoms with Crippen LogP contribution in [0.3, 0.4) is 0 Å². The van der Waals surface area contributed by atoms with Crippen LogP contribution >= 0.6 is 0 Å². The third-order valence-corrected chi connectivity index (χ3v) is 4.53. The van der Waals surface area contributed by atoms with Crippen molar-refractivity contribution in [2.24, 2.45) is 0 Å². The van der Waals surface area contributed by atoms with E-state index in [9.17, 15) is 9.59 Å². The lowest BCUT2D eigenvalue weighted by molar-refractivity contribution is 0.880. The molecular formula is C22H18N4O2. The summed E-state index contributed by atoms with van der Waals surface area (Å²) in [5.41, 5.74) is 2.64. The molecule has 28 heavy (non-hydrogen) atoms. The summed E-state index contributed by atoms with van der Waals surface area (Å²) in [5.74, 6) is 0. The highest BCUT2D eigenvalue weighted by atomic mass is 16.2. The van der Waals surface area contributed by atoms with Crippen LogP contribution < -0.4 is 21.5 Å². The largest absolute Gasteiger partial charge is 0.373 e. The fraction of sp³-hybridized carbons (Fsp3) is 0.0909. The van der Waals surface area contributed by atoms with Crippen molar-refractivity contribution in [3.8, 4) is 11.4 Å². The molecule has 0 aliphatic rings. The summed E-state index contributed by atoms with van der Waals surface area (Å²) in [6.07, 6.45) is 3.33. The predicted molar refractivity (Wildman–Crippen MR) is 111 cm³/mol. The number of nitrogens with one attached hydrogen (secondary N) is 2. The number of hydrogen-bond acceptors (Lipinski definition) is 6. The minimum absolute atomic E-state index is 0.105. The zero-order chi connectivity index (χ0) is 19.5. The molecule has 0 aliphatic carbocycles. The topological polar surface area (TPSA) is 84.0 Å². The lowest BCUT2D eigenvalue weighted by Gasteiger charge is -2.20. The zero-order valence-corrected chi connectivity index (χ0v) is 15.2.